The Hall–Kier alpha value is -6.84. The summed E-state index contributed by atoms with van der Waals surface area (Å²) in [7, 11) is 0. The number of hydrogen-bond acceptors (Lipinski definition) is 1. The van der Waals surface area contributed by atoms with Crippen LogP contribution in [0.25, 0.3) is 77.2 Å². The first-order valence-electron chi connectivity index (χ1n) is 18.9. The van der Waals surface area contributed by atoms with E-state index in [0.717, 1.165) is 34.7 Å². The molecule has 0 bridgehead atoms. The molecule has 8 aromatic carbocycles. The van der Waals surface area contributed by atoms with Gasteiger partial charge in [0.1, 0.15) is 11.5 Å². The highest BCUT2D eigenvalue weighted by molar-refractivity contribution is 6.11. The lowest BCUT2D eigenvalue weighted by Crippen LogP contribution is -2.04. The van der Waals surface area contributed by atoms with E-state index in [2.05, 4.69) is 191 Å². The smallest absolute Gasteiger partial charge is 0.138 e. The second-order valence-electron chi connectivity index (χ2n) is 13.7. The molecule has 0 atom stereocenters. The summed E-state index contributed by atoms with van der Waals surface area (Å²) in [4.78, 5) is 0. The number of aromatic nitrogens is 2. The monoisotopic (exact) mass is 694 g/mol. The molecular formula is C51H38N2O. The molecule has 2 aromatic heterocycles. The van der Waals surface area contributed by atoms with Gasteiger partial charge in [-0.3, -0.25) is 0 Å². The van der Waals surface area contributed by atoms with Crippen LogP contribution in [0, 0.1) is 0 Å². The predicted molar refractivity (Wildman–Crippen MR) is 227 cm³/mol. The van der Waals surface area contributed by atoms with Gasteiger partial charge in [-0.2, -0.15) is 0 Å². The Labute approximate surface area is 314 Å². The van der Waals surface area contributed by atoms with Gasteiger partial charge in [0.25, 0.3) is 0 Å². The maximum Gasteiger partial charge on any atom is 0.138 e. The van der Waals surface area contributed by atoms with E-state index in [-0.39, 0.29) is 0 Å². The fourth-order valence-corrected chi connectivity index (χ4v) is 8.40. The number of rotatable bonds is 4. The number of ether oxygens (including phenoxy) is 1. The van der Waals surface area contributed by atoms with E-state index in [1.54, 1.807) is 0 Å². The minimum atomic E-state index is 0.814. The van der Waals surface area contributed by atoms with Crippen LogP contribution in [-0.4, -0.2) is 9.13 Å². The van der Waals surface area contributed by atoms with Gasteiger partial charge in [-0.15, -0.1) is 0 Å². The molecular weight excluding hydrogens is 657 g/mol. The minimum Gasteiger partial charge on any atom is -0.456 e. The topological polar surface area (TPSA) is 19.1 Å². The molecule has 3 nitrogen and oxygen atoms in total. The van der Waals surface area contributed by atoms with E-state index in [1.807, 2.05) is 13.8 Å². The Morgan fingerprint density at radius 2 is 0.944 bits per heavy atom. The Morgan fingerprint density at radius 1 is 0.389 bits per heavy atom. The third-order valence-electron chi connectivity index (χ3n) is 10.8. The van der Waals surface area contributed by atoms with Crippen molar-refractivity contribution >= 4 is 43.6 Å². The molecule has 1 aliphatic heterocycles. The first-order chi connectivity index (χ1) is 26.8. The number of nitrogens with zero attached hydrogens (tertiary/aromatic N) is 2. The van der Waals surface area contributed by atoms with Crippen LogP contribution in [-0.2, 0) is 6.42 Å². The zero-order chi connectivity index (χ0) is 36.2. The van der Waals surface area contributed by atoms with Crippen molar-refractivity contribution in [1.29, 1.82) is 0 Å². The van der Waals surface area contributed by atoms with Crippen LogP contribution in [0.15, 0.2) is 182 Å². The lowest BCUT2D eigenvalue weighted by molar-refractivity contribution is 0.462. The Morgan fingerprint density at radius 3 is 1.67 bits per heavy atom. The minimum absolute atomic E-state index is 0.814. The van der Waals surface area contributed by atoms with Crippen molar-refractivity contribution in [3.8, 4) is 45.1 Å². The van der Waals surface area contributed by atoms with Gasteiger partial charge in [0.2, 0.25) is 0 Å². The van der Waals surface area contributed by atoms with Crippen molar-refractivity contribution in [3.05, 3.63) is 193 Å². The predicted octanol–water partition coefficient (Wildman–Crippen LogP) is 13.9. The van der Waals surface area contributed by atoms with Crippen LogP contribution >= 0.6 is 0 Å². The van der Waals surface area contributed by atoms with Gasteiger partial charge in [0.05, 0.1) is 22.1 Å². The summed E-state index contributed by atoms with van der Waals surface area (Å²) < 4.78 is 11.5. The van der Waals surface area contributed by atoms with Crippen molar-refractivity contribution in [1.82, 2.24) is 9.13 Å². The zero-order valence-corrected chi connectivity index (χ0v) is 30.3. The molecule has 0 radical (unpaired) electrons. The molecule has 10 aromatic rings. The highest BCUT2D eigenvalue weighted by Gasteiger charge is 2.22. The third kappa shape index (κ3) is 5.04. The van der Waals surface area contributed by atoms with E-state index in [4.69, 9.17) is 4.74 Å². The lowest BCUT2D eigenvalue weighted by atomic mass is 9.92. The molecule has 11 rings (SSSR count). The van der Waals surface area contributed by atoms with E-state index in [0.29, 0.717) is 0 Å². The van der Waals surface area contributed by atoms with E-state index in [9.17, 15) is 0 Å². The molecule has 0 unspecified atom stereocenters. The van der Waals surface area contributed by atoms with Crippen molar-refractivity contribution in [2.45, 2.75) is 20.3 Å². The number of benzene rings is 8. The Bertz CT molecular complexity index is 2970. The second-order valence-corrected chi connectivity index (χ2v) is 13.7. The molecule has 3 heteroatoms. The van der Waals surface area contributed by atoms with Gasteiger partial charge in [0, 0.05) is 44.9 Å². The molecule has 3 heterocycles. The molecule has 0 fully saturated rings. The van der Waals surface area contributed by atoms with Crippen molar-refractivity contribution in [3.63, 3.8) is 0 Å². The summed E-state index contributed by atoms with van der Waals surface area (Å²) in [5, 5.41) is 5.04. The van der Waals surface area contributed by atoms with Gasteiger partial charge in [-0.25, -0.2) is 0 Å². The number of fused-ring (bicyclic) bond motifs is 8. The molecule has 258 valence electrons. The summed E-state index contributed by atoms with van der Waals surface area (Å²) in [6.07, 6.45) is 0.814. The maximum atomic E-state index is 6.80. The number of hydrogen-bond donors (Lipinski definition) is 0. The van der Waals surface area contributed by atoms with E-state index < -0.39 is 0 Å². The fourth-order valence-electron chi connectivity index (χ4n) is 8.40. The first kappa shape index (κ1) is 31.9. The summed E-state index contributed by atoms with van der Waals surface area (Å²) in [5.74, 6) is 1.86. The van der Waals surface area contributed by atoms with Crippen LogP contribution < -0.4 is 4.74 Å². The van der Waals surface area contributed by atoms with Gasteiger partial charge < -0.3 is 13.9 Å². The summed E-state index contributed by atoms with van der Waals surface area (Å²) in [6, 6.07) is 65.6. The largest absolute Gasteiger partial charge is 0.456 e. The van der Waals surface area contributed by atoms with Crippen LogP contribution in [0.3, 0.4) is 0 Å². The fraction of sp³-hybridized carbons (Fsp3) is 0.0588. The van der Waals surface area contributed by atoms with Gasteiger partial charge in [-0.1, -0.05) is 129 Å². The highest BCUT2D eigenvalue weighted by Crippen LogP contribution is 2.45. The summed E-state index contributed by atoms with van der Waals surface area (Å²) >= 11 is 0. The zero-order valence-electron chi connectivity index (χ0n) is 30.3. The van der Waals surface area contributed by atoms with Gasteiger partial charge >= 0.3 is 0 Å². The molecule has 54 heavy (non-hydrogen) atoms. The second kappa shape index (κ2) is 13.0. The standard InChI is InChI=1S/C49H32N2O.C2H6/c1-2-14-37(15-3-1)50-46-23-9-6-19-42(46)43-31-33(24-26-47(43)50)32-25-27-48-36(28-32)29-35-13-11-20-39(49(35)52-48)34-12-10-16-38(30-34)51-44-21-7-4-17-40(44)41-18-5-8-22-45(41)51;1-2/h1-28,30-31H,29H2;1-2H3. The molecule has 0 saturated heterocycles. The highest BCUT2D eigenvalue weighted by atomic mass is 16.5. The van der Waals surface area contributed by atoms with Gasteiger partial charge in [0.15, 0.2) is 0 Å². The molecule has 1 aliphatic rings. The Kier molecular flexibility index (Phi) is 7.66. The summed E-state index contributed by atoms with van der Waals surface area (Å²) in [6.45, 7) is 4.00. The quantitative estimate of drug-likeness (QED) is 0.179. The van der Waals surface area contributed by atoms with E-state index >= 15 is 0 Å². The molecule has 0 amide bonds. The van der Waals surface area contributed by atoms with Crippen molar-refractivity contribution < 1.29 is 4.74 Å². The maximum absolute atomic E-state index is 6.80. The normalized spacial score (nSPS) is 12.0. The van der Waals surface area contributed by atoms with Gasteiger partial charge in [-0.05, 0) is 94.5 Å². The SMILES string of the molecule is CC.c1ccc(-n2c3ccccc3c3cc(-c4ccc5c(c4)Cc4cccc(-c6cccc(-n7c8ccccc8c8ccccc87)c6)c4O5)ccc32)cc1. The van der Waals surface area contributed by atoms with Crippen LogP contribution in [0.4, 0.5) is 0 Å². The van der Waals surface area contributed by atoms with Crippen LogP contribution in [0.5, 0.6) is 11.5 Å². The molecule has 0 saturated carbocycles. The van der Waals surface area contributed by atoms with Crippen molar-refractivity contribution in [2.75, 3.05) is 0 Å². The molecule has 0 spiro atoms. The average Bonchev–Trinajstić information content (AvgIpc) is 3.76. The number of para-hydroxylation sites is 5. The molecule has 0 N–H and O–H groups in total. The molecule has 0 aliphatic carbocycles. The van der Waals surface area contributed by atoms with Crippen LogP contribution in [0.2, 0.25) is 0 Å². The van der Waals surface area contributed by atoms with E-state index in [1.165, 1.54) is 71.6 Å². The lowest BCUT2D eigenvalue weighted by Gasteiger charge is -2.24. The summed E-state index contributed by atoms with van der Waals surface area (Å²) in [5.41, 5.74) is 14.2. The average molecular weight is 695 g/mol. The van der Waals surface area contributed by atoms with Crippen LogP contribution in [0.1, 0.15) is 25.0 Å². The van der Waals surface area contributed by atoms with Crippen molar-refractivity contribution in [2.24, 2.45) is 0 Å². The third-order valence-corrected chi connectivity index (χ3v) is 10.8. The Balaban J connectivity index is 0.00000178. The first-order valence-corrected chi connectivity index (χ1v) is 18.9.